The lowest BCUT2D eigenvalue weighted by molar-refractivity contribution is -0.141. The number of aryl methyl sites for hydroxylation is 1. The molecule has 2 N–H and O–H groups in total. The van der Waals surface area contributed by atoms with Gasteiger partial charge in [-0.25, -0.2) is 9.97 Å². The molecule has 0 saturated carbocycles. The quantitative estimate of drug-likeness (QED) is 0.296. The van der Waals surface area contributed by atoms with Gasteiger partial charge in [0.05, 0.1) is 40.9 Å². The van der Waals surface area contributed by atoms with Crippen LogP contribution in [-0.2, 0) is 16.5 Å². The molecule has 2 aromatic heterocycles. The molecule has 41 heavy (non-hydrogen) atoms. The van der Waals surface area contributed by atoms with Crippen molar-refractivity contribution in [3.05, 3.63) is 56.6 Å². The number of nitrogens with zero attached hydrogens (tertiary/aromatic N) is 4. The van der Waals surface area contributed by atoms with Gasteiger partial charge < -0.3 is 19.7 Å². The first-order chi connectivity index (χ1) is 19.6. The molecule has 2 aliphatic heterocycles. The van der Waals surface area contributed by atoms with E-state index in [1.54, 1.807) is 37.1 Å². The highest BCUT2D eigenvalue weighted by atomic mass is 35.5. The van der Waals surface area contributed by atoms with Gasteiger partial charge in [0.1, 0.15) is 5.15 Å². The number of piperidine rings is 1. The molecule has 0 bridgehead atoms. The van der Waals surface area contributed by atoms with E-state index in [1.807, 2.05) is 26.0 Å². The molecule has 1 aromatic carbocycles. The Morgan fingerprint density at radius 2 is 2.00 bits per heavy atom. The van der Waals surface area contributed by atoms with E-state index in [2.05, 4.69) is 19.9 Å². The average Bonchev–Trinajstić information content (AvgIpc) is 2.97. The SMILES string of the molecule is COC1CCC2(CCN(c3nc4c(C(C)Nc5ccc(Cl)nc5C(=O)NSC)cc(C)cc4c(=O)n3C)CC2)OC1. The molecule has 0 aliphatic carbocycles. The van der Waals surface area contributed by atoms with Crippen LogP contribution < -0.4 is 20.5 Å². The fourth-order valence-corrected chi connectivity index (χ4v) is 6.30. The van der Waals surface area contributed by atoms with E-state index in [0.29, 0.717) is 29.1 Å². The molecule has 5 rings (SSSR count). The summed E-state index contributed by atoms with van der Waals surface area (Å²) in [6.07, 6.45) is 5.66. The number of nitrogens with one attached hydrogen (secondary N) is 2. The second-order valence-corrected chi connectivity index (χ2v) is 11.9. The Morgan fingerprint density at radius 1 is 1.24 bits per heavy atom. The van der Waals surface area contributed by atoms with Gasteiger partial charge >= 0.3 is 0 Å². The van der Waals surface area contributed by atoms with Gasteiger partial charge in [-0.2, -0.15) is 0 Å². The molecule has 0 radical (unpaired) electrons. The Hall–Kier alpha value is -2.86. The van der Waals surface area contributed by atoms with Crippen LogP contribution in [0.4, 0.5) is 11.6 Å². The Bertz CT molecular complexity index is 1500. The van der Waals surface area contributed by atoms with Crippen LogP contribution in [0.2, 0.25) is 5.15 Å². The van der Waals surface area contributed by atoms with Gasteiger partial charge in [-0.1, -0.05) is 29.6 Å². The van der Waals surface area contributed by atoms with Crippen LogP contribution in [0.1, 0.15) is 60.3 Å². The number of hydrogen-bond donors (Lipinski definition) is 2. The lowest BCUT2D eigenvalue weighted by Gasteiger charge is -2.45. The number of anilines is 2. The Balaban J connectivity index is 1.46. The maximum atomic E-state index is 13.7. The number of fused-ring (bicyclic) bond motifs is 1. The van der Waals surface area contributed by atoms with Gasteiger partial charge in [-0.05, 0) is 63.3 Å². The third-order valence-electron chi connectivity index (χ3n) is 8.23. The van der Waals surface area contributed by atoms with Crippen LogP contribution in [0.3, 0.4) is 0 Å². The van der Waals surface area contributed by atoms with E-state index in [-0.39, 0.29) is 40.1 Å². The fraction of sp³-hybridized carbons (Fsp3) is 0.517. The van der Waals surface area contributed by atoms with Gasteiger partial charge in [0.25, 0.3) is 11.5 Å². The minimum Gasteiger partial charge on any atom is -0.379 e. The van der Waals surface area contributed by atoms with Crippen LogP contribution in [0.25, 0.3) is 10.9 Å². The lowest BCUT2D eigenvalue weighted by atomic mass is 9.84. The Labute approximate surface area is 249 Å². The normalized spacial score (nSPS) is 19.4. The monoisotopic (exact) mass is 600 g/mol. The molecule has 3 aromatic rings. The minimum absolute atomic E-state index is 0.0903. The summed E-state index contributed by atoms with van der Waals surface area (Å²) in [6, 6.07) is 7.01. The number of halogens is 1. The number of benzene rings is 1. The first-order valence-corrected chi connectivity index (χ1v) is 15.4. The topological polar surface area (TPSA) is 111 Å². The third kappa shape index (κ3) is 6.04. The predicted molar refractivity (Wildman–Crippen MR) is 164 cm³/mol. The van der Waals surface area contributed by atoms with Gasteiger partial charge in [0, 0.05) is 39.1 Å². The molecule has 2 aliphatic rings. The second-order valence-electron chi connectivity index (χ2n) is 10.9. The van der Waals surface area contributed by atoms with E-state index < -0.39 is 0 Å². The summed E-state index contributed by atoms with van der Waals surface area (Å²) in [4.78, 5) is 37.9. The van der Waals surface area contributed by atoms with E-state index in [9.17, 15) is 9.59 Å². The maximum Gasteiger partial charge on any atom is 0.281 e. The van der Waals surface area contributed by atoms with Crippen molar-refractivity contribution in [2.75, 3.05) is 43.3 Å². The number of ether oxygens (including phenoxy) is 2. The Morgan fingerprint density at radius 3 is 2.66 bits per heavy atom. The number of methoxy groups -OCH3 is 1. The maximum absolute atomic E-state index is 13.7. The largest absolute Gasteiger partial charge is 0.379 e. The molecule has 12 heteroatoms. The van der Waals surface area contributed by atoms with E-state index >= 15 is 0 Å². The van der Waals surface area contributed by atoms with Crippen molar-refractivity contribution in [3.63, 3.8) is 0 Å². The first kappa shape index (κ1) is 29.6. The van der Waals surface area contributed by atoms with Gasteiger partial charge in [0.2, 0.25) is 5.95 Å². The first-order valence-electron chi connectivity index (χ1n) is 13.8. The summed E-state index contributed by atoms with van der Waals surface area (Å²) >= 11 is 7.30. The second kappa shape index (κ2) is 12.2. The molecular weight excluding hydrogens is 564 g/mol. The molecule has 2 unspecified atom stereocenters. The molecule has 2 fully saturated rings. The lowest BCUT2D eigenvalue weighted by Crippen LogP contribution is -2.51. The molecular formula is C29H37ClN6O4S. The van der Waals surface area contributed by atoms with Gasteiger partial charge in [0.15, 0.2) is 5.69 Å². The average molecular weight is 601 g/mol. The summed E-state index contributed by atoms with van der Waals surface area (Å²) in [5, 5.41) is 4.20. The van der Waals surface area contributed by atoms with Crippen LogP contribution >= 0.6 is 23.5 Å². The number of carbonyl (C=O) groups excluding carboxylic acids is 1. The van der Waals surface area contributed by atoms with Crippen LogP contribution in [0.5, 0.6) is 0 Å². The molecule has 2 saturated heterocycles. The zero-order chi connectivity index (χ0) is 29.3. The highest BCUT2D eigenvalue weighted by Crippen LogP contribution is 2.37. The zero-order valence-electron chi connectivity index (χ0n) is 24.1. The van der Waals surface area contributed by atoms with Crippen molar-refractivity contribution in [1.82, 2.24) is 19.3 Å². The molecule has 10 nitrogen and oxygen atoms in total. The Kier molecular flexibility index (Phi) is 8.79. The zero-order valence-corrected chi connectivity index (χ0v) is 25.7. The van der Waals surface area contributed by atoms with Crippen molar-refractivity contribution in [1.29, 1.82) is 0 Å². The molecule has 1 spiro atoms. The van der Waals surface area contributed by atoms with Crippen LogP contribution in [0, 0.1) is 6.92 Å². The van der Waals surface area contributed by atoms with Crippen molar-refractivity contribution in [2.24, 2.45) is 7.05 Å². The van der Waals surface area contributed by atoms with Gasteiger partial charge in [-0.3, -0.25) is 18.9 Å². The summed E-state index contributed by atoms with van der Waals surface area (Å²) < 4.78 is 16.1. The number of hydrogen-bond acceptors (Lipinski definition) is 9. The molecule has 220 valence electrons. The van der Waals surface area contributed by atoms with Gasteiger partial charge in [-0.15, -0.1) is 0 Å². The number of amides is 1. The number of pyridine rings is 1. The predicted octanol–water partition coefficient (Wildman–Crippen LogP) is 4.64. The third-order valence-corrected chi connectivity index (χ3v) is 8.83. The molecule has 4 heterocycles. The summed E-state index contributed by atoms with van der Waals surface area (Å²) in [5.74, 6) is 0.300. The van der Waals surface area contributed by atoms with E-state index in [4.69, 9.17) is 26.1 Å². The fourth-order valence-electron chi connectivity index (χ4n) is 5.87. The van der Waals surface area contributed by atoms with Crippen molar-refractivity contribution in [2.45, 2.75) is 57.3 Å². The van der Waals surface area contributed by atoms with E-state index in [1.165, 1.54) is 11.9 Å². The summed E-state index contributed by atoms with van der Waals surface area (Å²) in [6.45, 7) is 6.08. The summed E-state index contributed by atoms with van der Waals surface area (Å²) in [5.41, 5.74) is 2.97. The minimum atomic E-state index is -0.347. The van der Waals surface area contributed by atoms with Crippen LogP contribution in [0.15, 0.2) is 29.1 Å². The smallest absolute Gasteiger partial charge is 0.281 e. The summed E-state index contributed by atoms with van der Waals surface area (Å²) in [7, 11) is 3.52. The number of rotatable bonds is 7. The molecule has 2 atom stereocenters. The number of carbonyl (C=O) groups is 1. The number of aromatic nitrogens is 3. The van der Waals surface area contributed by atoms with Crippen molar-refractivity contribution < 1.29 is 14.3 Å². The van der Waals surface area contributed by atoms with Crippen molar-refractivity contribution >= 4 is 52.0 Å². The standard InChI is InChI=1S/C29H37ClN6O4S/c1-17-14-20(18(2)31-22-6-7-23(30)32-25(22)26(37)34-41-5)24-21(15-17)27(38)35(3)28(33-24)36-12-10-29(11-13-36)9-8-19(39-4)16-40-29/h6-7,14-15,18-19,31H,8-13,16H2,1-5H3,(H,34,37). The highest BCUT2D eigenvalue weighted by Gasteiger charge is 2.40. The van der Waals surface area contributed by atoms with Crippen molar-refractivity contribution in [3.8, 4) is 0 Å². The molecule has 1 amide bonds. The highest BCUT2D eigenvalue weighted by molar-refractivity contribution is 7.97. The van der Waals surface area contributed by atoms with Crippen LogP contribution in [-0.4, -0.2) is 65.2 Å². The van der Waals surface area contributed by atoms with E-state index in [0.717, 1.165) is 49.9 Å².